The van der Waals surface area contributed by atoms with E-state index in [0.717, 1.165) is 123 Å². The summed E-state index contributed by atoms with van der Waals surface area (Å²) in [4.78, 5) is 54.9. The molecule has 0 aliphatic carbocycles. The molecule has 0 spiro atoms. The molecule has 532 valence electrons. The molecule has 14 heteroatoms. The average Bonchev–Trinajstić information content (AvgIpc) is 0.778. The summed E-state index contributed by atoms with van der Waals surface area (Å²) in [5.41, 5.74) is 25.4. The summed E-state index contributed by atoms with van der Waals surface area (Å²) in [7, 11) is -2.71. The first kappa shape index (κ1) is 75.8. The fourth-order valence-corrected chi connectivity index (χ4v) is 14.6. The molecule has 0 N–H and O–H groups in total. The van der Waals surface area contributed by atoms with Crippen molar-refractivity contribution in [2.24, 2.45) is 0 Å². The van der Waals surface area contributed by atoms with Gasteiger partial charge in [0.2, 0.25) is 0 Å². The molecule has 12 heterocycles. The zero-order valence-corrected chi connectivity index (χ0v) is 66.6. The summed E-state index contributed by atoms with van der Waals surface area (Å²) < 4.78 is 0. The lowest BCUT2D eigenvalue weighted by Gasteiger charge is -2.18. The highest BCUT2D eigenvalue weighted by Gasteiger charge is 2.22. The number of nitrogens with zero attached hydrogens (tertiary/aromatic N) is 12. The predicted molar refractivity (Wildman–Crippen MR) is 451 cm³/mol. The standard InChI is InChI=1S/C26H26N2.C20H14N2.C14H22N2Si2.C14H18N2.C10H10N2.C8H6N2/c1-15-11-17(3)24(18(4)12-15)22-9-7-21-8-10-23(28-26(21)27-22)25-19(5)13-16(2)14-20(25)6;1-3-7-15(8-4-1)18-13-11-17-12-14-19(22-20(17)21-18)16-9-5-2-6-10-16;1-17(2,3)12-9-7-11-8-10-13(18(4,5)6)16-14(11)15-12;1-9(2)12-7-5-11-6-8-13(10(3)4)16-14(11)15-12;1-7-3-5-9-6-4-8(2)12-10(9)11-7;1-3-7-4-2-6-10-8(7)9-5-1/h7-14H,1-6H3;1-14H;7-10H,1-6H3;5-10H,1-4H3;3-6H,1-2H3;1-6H. The summed E-state index contributed by atoms with van der Waals surface area (Å²) in [6.45, 7) is 39.4. The second-order valence-electron chi connectivity index (χ2n) is 29.9. The van der Waals surface area contributed by atoms with Crippen LogP contribution in [-0.4, -0.2) is 76.0 Å². The first-order valence-electron chi connectivity index (χ1n) is 36.5. The molecule has 0 unspecified atom stereocenters. The fourth-order valence-electron chi connectivity index (χ4n) is 12.6. The lowest BCUT2D eigenvalue weighted by atomic mass is 9.96. The Balaban J connectivity index is 0.000000131. The molecule has 0 atom stereocenters. The van der Waals surface area contributed by atoms with E-state index >= 15 is 0 Å². The summed E-state index contributed by atoms with van der Waals surface area (Å²) in [6, 6.07) is 78.9. The normalized spacial score (nSPS) is 11.3. The molecule has 12 nitrogen and oxygen atoms in total. The van der Waals surface area contributed by atoms with Gasteiger partial charge in [0.05, 0.1) is 22.8 Å². The molecular formula is C92H96N12Si2. The van der Waals surface area contributed by atoms with Crippen LogP contribution in [0.25, 0.3) is 111 Å². The Morgan fingerprint density at radius 2 is 0.547 bits per heavy atom. The highest BCUT2D eigenvalue weighted by molar-refractivity contribution is 6.88. The average molecular weight is 1430 g/mol. The SMILES string of the molecule is CC(C)c1ccc2ccc(C(C)C)nc2n1.C[Si](C)(C)c1ccc2ccc([Si](C)(C)C)nc2n1.Cc1cc(C)c(-c2ccc3ccc(-c4c(C)cc(C)cc4C)nc3n2)c(C)c1.Cc1ccc2ccc(C)nc2n1.c1ccc(-c2ccc3ccc(-c4ccccc4)nc3n2)cc1.c1cnc2ncccc2c1. The smallest absolute Gasteiger partial charge is 0.160 e. The molecule has 16 aromatic rings. The molecule has 0 saturated carbocycles. The zero-order chi connectivity index (χ0) is 75.4. The second-order valence-corrected chi connectivity index (χ2v) is 40.0. The van der Waals surface area contributed by atoms with Crippen molar-refractivity contribution >= 4 is 93.0 Å². The molecule has 0 aliphatic rings. The van der Waals surface area contributed by atoms with Crippen LogP contribution in [-0.2, 0) is 0 Å². The number of benzene rings is 4. The van der Waals surface area contributed by atoms with Gasteiger partial charge in [0.15, 0.2) is 33.9 Å². The fraction of sp³-hybridized carbons (Fsp3) is 0.217. The molecule has 0 amide bonds. The number of fused-ring (bicyclic) bond motifs is 6. The van der Waals surface area contributed by atoms with E-state index < -0.39 is 16.1 Å². The minimum Gasteiger partial charge on any atom is -0.238 e. The number of rotatable bonds is 8. The Morgan fingerprint density at radius 3 is 0.896 bits per heavy atom. The van der Waals surface area contributed by atoms with Crippen LogP contribution in [0, 0.1) is 55.4 Å². The first-order chi connectivity index (χ1) is 50.7. The summed E-state index contributed by atoms with van der Waals surface area (Å²) in [6.07, 6.45) is 3.49. The van der Waals surface area contributed by atoms with Gasteiger partial charge < -0.3 is 0 Å². The van der Waals surface area contributed by atoms with E-state index in [0.29, 0.717) is 11.8 Å². The van der Waals surface area contributed by atoms with E-state index in [-0.39, 0.29) is 0 Å². The number of hydrogen-bond acceptors (Lipinski definition) is 12. The van der Waals surface area contributed by atoms with Crippen LogP contribution >= 0.6 is 0 Å². The van der Waals surface area contributed by atoms with Gasteiger partial charge in [-0.1, -0.05) is 163 Å². The Hall–Kier alpha value is -11.3. The number of aromatic nitrogens is 12. The number of hydrogen-bond donors (Lipinski definition) is 0. The van der Waals surface area contributed by atoms with E-state index in [4.69, 9.17) is 29.9 Å². The van der Waals surface area contributed by atoms with Crippen molar-refractivity contribution in [2.75, 3.05) is 0 Å². The Morgan fingerprint density at radius 1 is 0.255 bits per heavy atom. The minimum absolute atomic E-state index is 0.453. The van der Waals surface area contributed by atoms with Crippen molar-refractivity contribution in [3.63, 3.8) is 0 Å². The van der Waals surface area contributed by atoms with Gasteiger partial charge in [-0.05, 0) is 235 Å². The van der Waals surface area contributed by atoms with Crippen LogP contribution in [0.4, 0.5) is 0 Å². The third-order valence-corrected chi connectivity index (χ3v) is 21.8. The summed E-state index contributed by atoms with van der Waals surface area (Å²) in [5.74, 6) is 0.905. The molecule has 16 rings (SSSR count). The number of pyridine rings is 12. The topological polar surface area (TPSA) is 155 Å². The molecule has 0 fully saturated rings. The lowest BCUT2D eigenvalue weighted by Crippen LogP contribution is -2.42. The molecule has 12 aromatic heterocycles. The Kier molecular flexibility index (Phi) is 24.1. The van der Waals surface area contributed by atoms with Crippen molar-refractivity contribution in [1.82, 2.24) is 59.8 Å². The maximum atomic E-state index is 4.95. The van der Waals surface area contributed by atoms with Crippen LogP contribution in [0.1, 0.15) is 95.7 Å². The highest BCUT2D eigenvalue weighted by atomic mass is 28.3. The largest absolute Gasteiger partial charge is 0.238 e. The number of aryl methyl sites for hydroxylation is 8. The summed E-state index contributed by atoms with van der Waals surface area (Å²) in [5, 5.41) is 9.08. The Labute approximate surface area is 627 Å². The summed E-state index contributed by atoms with van der Waals surface area (Å²) >= 11 is 0. The van der Waals surface area contributed by atoms with Crippen LogP contribution < -0.4 is 10.6 Å². The van der Waals surface area contributed by atoms with Crippen molar-refractivity contribution in [2.45, 2.75) is 134 Å². The van der Waals surface area contributed by atoms with Gasteiger partial charge in [-0.25, -0.2) is 59.8 Å². The quantitative estimate of drug-likeness (QED) is 0.133. The molecule has 0 aliphatic heterocycles. The Bertz CT molecular complexity index is 5350. The van der Waals surface area contributed by atoms with Gasteiger partial charge in [-0.15, -0.1) is 0 Å². The van der Waals surface area contributed by atoms with E-state index in [1.165, 1.54) is 55.1 Å². The van der Waals surface area contributed by atoms with Gasteiger partial charge in [-0.3, -0.25) is 0 Å². The maximum Gasteiger partial charge on any atom is 0.160 e. The van der Waals surface area contributed by atoms with Crippen molar-refractivity contribution in [3.8, 4) is 45.0 Å². The van der Waals surface area contributed by atoms with E-state index in [9.17, 15) is 0 Å². The van der Waals surface area contributed by atoms with E-state index in [2.05, 4.69) is 272 Å². The van der Waals surface area contributed by atoms with E-state index in [1.54, 1.807) is 12.4 Å². The third kappa shape index (κ3) is 19.3. The molecule has 0 radical (unpaired) electrons. The molecular weight excluding hydrogens is 1330 g/mol. The van der Waals surface area contributed by atoms with Gasteiger partial charge >= 0.3 is 0 Å². The van der Waals surface area contributed by atoms with Gasteiger partial charge in [0.1, 0.15) is 16.1 Å². The third-order valence-electron chi connectivity index (χ3n) is 18.2. The lowest BCUT2D eigenvalue weighted by molar-refractivity contribution is 0.813. The highest BCUT2D eigenvalue weighted by Crippen LogP contribution is 2.32. The van der Waals surface area contributed by atoms with Gasteiger partial charge in [0, 0.05) is 100 Å². The van der Waals surface area contributed by atoms with Crippen LogP contribution in [0.5, 0.6) is 0 Å². The molecule has 0 saturated heterocycles. The van der Waals surface area contributed by atoms with Crippen molar-refractivity contribution < 1.29 is 0 Å². The van der Waals surface area contributed by atoms with Crippen molar-refractivity contribution in [3.05, 3.63) is 299 Å². The predicted octanol–water partition coefficient (Wildman–Crippen LogP) is 22.3. The van der Waals surface area contributed by atoms with Gasteiger partial charge in [-0.2, -0.15) is 0 Å². The van der Waals surface area contributed by atoms with Crippen LogP contribution in [0.3, 0.4) is 0 Å². The maximum absolute atomic E-state index is 4.95. The van der Waals surface area contributed by atoms with Crippen LogP contribution in [0.2, 0.25) is 39.3 Å². The van der Waals surface area contributed by atoms with Crippen LogP contribution in [0.15, 0.2) is 243 Å². The molecule has 106 heavy (non-hydrogen) atoms. The first-order valence-corrected chi connectivity index (χ1v) is 43.5. The van der Waals surface area contributed by atoms with E-state index in [1.807, 2.05) is 111 Å². The second kappa shape index (κ2) is 33.6. The molecule has 4 aromatic carbocycles. The minimum atomic E-state index is -1.35. The van der Waals surface area contributed by atoms with Crippen molar-refractivity contribution in [1.29, 1.82) is 0 Å². The van der Waals surface area contributed by atoms with Gasteiger partial charge in [0.25, 0.3) is 0 Å². The molecule has 0 bridgehead atoms. The monoisotopic (exact) mass is 1420 g/mol. The zero-order valence-electron chi connectivity index (χ0n) is 64.6.